The van der Waals surface area contributed by atoms with Crippen molar-refractivity contribution in [1.82, 2.24) is 25.1 Å². The summed E-state index contributed by atoms with van der Waals surface area (Å²) in [6.07, 6.45) is 6.21. The van der Waals surface area contributed by atoms with Crippen molar-refractivity contribution in [3.63, 3.8) is 0 Å². The van der Waals surface area contributed by atoms with Gasteiger partial charge in [0.25, 0.3) is 0 Å². The van der Waals surface area contributed by atoms with Crippen LogP contribution in [0.15, 0.2) is 18.6 Å². The van der Waals surface area contributed by atoms with E-state index >= 15 is 0 Å². The van der Waals surface area contributed by atoms with Gasteiger partial charge in [0.2, 0.25) is 0 Å². The Hall–Kier alpha value is -0.830. The molecule has 1 N–H and O–H groups in total. The summed E-state index contributed by atoms with van der Waals surface area (Å²) in [4.78, 5) is 14.7. The second kappa shape index (κ2) is 7.82. The molecule has 3 atom stereocenters. The predicted molar refractivity (Wildman–Crippen MR) is 101 cm³/mol. The number of halogens is 1. The fourth-order valence-electron chi connectivity index (χ4n) is 3.82. The van der Waals surface area contributed by atoms with E-state index in [9.17, 15) is 0 Å². The van der Waals surface area contributed by atoms with E-state index in [-0.39, 0.29) is 11.7 Å². The molecule has 2 aromatic heterocycles. The third kappa shape index (κ3) is 3.97. The lowest BCUT2D eigenvalue weighted by Crippen LogP contribution is -2.49. The lowest BCUT2D eigenvalue weighted by Gasteiger charge is -2.41. The van der Waals surface area contributed by atoms with Crippen molar-refractivity contribution in [3.05, 3.63) is 23.5 Å². The number of thiophene rings is 1. The van der Waals surface area contributed by atoms with Gasteiger partial charge in [0, 0.05) is 36.8 Å². The van der Waals surface area contributed by atoms with Crippen molar-refractivity contribution in [1.29, 1.82) is 0 Å². The van der Waals surface area contributed by atoms with E-state index in [0.29, 0.717) is 12.6 Å². The largest absolute Gasteiger partial charge is 0.360 e. The Labute approximate surface area is 157 Å². The Morgan fingerprint density at radius 3 is 3.24 bits per heavy atom. The van der Waals surface area contributed by atoms with Crippen molar-refractivity contribution in [3.8, 4) is 0 Å². The monoisotopic (exact) mass is 381 g/mol. The molecule has 2 aromatic rings. The van der Waals surface area contributed by atoms with Gasteiger partial charge >= 0.3 is 0 Å². The molecule has 0 amide bonds. The van der Waals surface area contributed by atoms with Crippen LogP contribution in [0.5, 0.6) is 0 Å². The van der Waals surface area contributed by atoms with E-state index in [1.807, 2.05) is 6.20 Å². The first-order valence-electron chi connectivity index (χ1n) is 8.83. The summed E-state index contributed by atoms with van der Waals surface area (Å²) >= 11 is 8.06. The van der Waals surface area contributed by atoms with E-state index in [0.717, 1.165) is 36.4 Å². The third-order valence-corrected chi connectivity index (χ3v) is 6.32. The van der Waals surface area contributed by atoms with Crippen molar-refractivity contribution in [2.75, 3.05) is 39.8 Å². The second-order valence-corrected chi connectivity index (χ2v) is 8.41. The molecule has 2 aliphatic heterocycles. The average molecular weight is 382 g/mol. The number of rotatable bonds is 5. The van der Waals surface area contributed by atoms with Crippen molar-refractivity contribution >= 4 is 33.2 Å². The molecule has 0 aromatic carbocycles. The molecule has 0 saturated carbocycles. The molecule has 6 nitrogen and oxygen atoms in total. The maximum Gasteiger partial charge on any atom is 0.143 e. The highest BCUT2D eigenvalue weighted by molar-refractivity contribution is 7.19. The van der Waals surface area contributed by atoms with E-state index in [1.165, 1.54) is 17.7 Å². The van der Waals surface area contributed by atoms with Gasteiger partial charge in [-0.15, -0.1) is 11.3 Å². The number of nitrogens with one attached hydrogen (secondary N) is 1. The van der Waals surface area contributed by atoms with Gasteiger partial charge in [-0.3, -0.25) is 9.80 Å². The second-order valence-electron chi connectivity index (χ2n) is 6.80. The number of hydrogen-bond donors (Lipinski definition) is 1. The molecule has 136 valence electrons. The Morgan fingerprint density at radius 2 is 2.48 bits per heavy atom. The minimum absolute atomic E-state index is 0.187. The molecule has 8 heteroatoms. The first kappa shape index (κ1) is 17.6. The molecule has 2 fully saturated rings. The maximum atomic E-state index is 6.28. The smallest absolute Gasteiger partial charge is 0.143 e. The van der Waals surface area contributed by atoms with Crippen LogP contribution < -0.4 is 5.32 Å². The normalized spacial score (nSPS) is 26.5. The highest BCUT2D eigenvalue weighted by Crippen LogP contribution is 2.34. The number of aromatic nitrogens is 2. The highest BCUT2D eigenvalue weighted by atomic mass is 35.5. The summed E-state index contributed by atoms with van der Waals surface area (Å²) < 4.78 is 6.67. The zero-order valence-corrected chi connectivity index (χ0v) is 16.0. The van der Waals surface area contributed by atoms with Crippen LogP contribution in [0.4, 0.5) is 0 Å². The van der Waals surface area contributed by atoms with Gasteiger partial charge < -0.3 is 10.1 Å². The molecule has 3 unspecified atom stereocenters. The maximum absolute atomic E-state index is 6.28. The van der Waals surface area contributed by atoms with Crippen LogP contribution in [-0.2, 0) is 4.74 Å². The molecule has 2 saturated heterocycles. The summed E-state index contributed by atoms with van der Waals surface area (Å²) in [5, 5.41) is 3.60. The summed E-state index contributed by atoms with van der Waals surface area (Å²) in [5.74, 6) is 0. The van der Waals surface area contributed by atoms with Crippen LogP contribution in [0.1, 0.15) is 23.9 Å². The van der Waals surface area contributed by atoms with Crippen LogP contribution in [0, 0.1) is 0 Å². The summed E-state index contributed by atoms with van der Waals surface area (Å²) in [6, 6.07) is 2.76. The number of nitrogens with zero attached hydrogens (tertiary/aromatic N) is 4. The molecule has 4 rings (SSSR count). The van der Waals surface area contributed by atoms with E-state index in [4.69, 9.17) is 16.3 Å². The molecule has 0 bridgehead atoms. The minimum Gasteiger partial charge on any atom is -0.360 e. The fraction of sp³-hybridized carbons (Fsp3) is 0.647. The number of likely N-dealkylation sites (N-methyl/N-ethyl adjacent to an activating group) is 1. The zero-order valence-electron chi connectivity index (χ0n) is 14.4. The molecule has 0 radical (unpaired) electrons. The number of morpholine rings is 1. The van der Waals surface area contributed by atoms with Gasteiger partial charge in [-0.25, -0.2) is 9.97 Å². The van der Waals surface area contributed by atoms with E-state index in [2.05, 4.69) is 38.2 Å². The van der Waals surface area contributed by atoms with Gasteiger partial charge in [-0.05, 0) is 32.5 Å². The van der Waals surface area contributed by atoms with Crippen LogP contribution in [-0.4, -0.2) is 71.2 Å². The summed E-state index contributed by atoms with van der Waals surface area (Å²) in [6.45, 7) is 4.44. The Kier molecular flexibility index (Phi) is 5.50. The van der Waals surface area contributed by atoms with Crippen molar-refractivity contribution in [2.45, 2.75) is 30.6 Å². The average Bonchev–Trinajstić information content (AvgIpc) is 3.24. The SMILES string of the molecule is CN(CC1CCCN1)C(c1cc2ncncc2s1)N1CCOC(Cl)C1. The topological polar surface area (TPSA) is 53.5 Å². The first-order valence-corrected chi connectivity index (χ1v) is 10.1. The van der Waals surface area contributed by atoms with Crippen molar-refractivity contribution < 1.29 is 4.74 Å². The van der Waals surface area contributed by atoms with Gasteiger partial charge in [0.05, 0.1) is 23.0 Å². The number of alkyl halides is 1. The highest BCUT2D eigenvalue weighted by Gasteiger charge is 2.32. The number of fused-ring (bicyclic) bond motifs is 1. The molecular weight excluding hydrogens is 358 g/mol. The number of ether oxygens (including phenoxy) is 1. The van der Waals surface area contributed by atoms with Gasteiger partial charge in [-0.1, -0.05) is 11.6 Å². The molecule has 0 aliphatic carbocycles. The van der Waals surface area contributed by atoms with Crippen LogP contribution in [0.3, 0.4) is 0 Å². The molecule has 4 heterocycles. The minimum atomic E-state index is -0.247. The van der Waals surface area contributed by atoms with Crippen LogP contribution in [0.2, 0.25) is 0 Å². The van der Waals surface area contributed by atoms with E-state index < -0.39 is 0 Å². The molecule has 25 heavy (non-hydrogen) atoms. The Balaban J connectivity index is 1.61. The first-order chi connectivity index (χ1) is 12.2. The lowest BCUT2D eigenvalue weighted by atomic mass is 10.2. The summed E-state index contributed by atoms with van der Waals surface area (Å²) in [5.41, 5.74) is 0.770. The zero-order chi connectivity index (χ0) is 17.2. The van der Waals surface area contributed by atoms with Crippen LogP contribution >= 0.6 is 22.9 Å². The Morgan fingerprint density at radius 1 is 1.56 bits per heavy atom. The van der Waals surface area contributed by atoms with Gasteiger partial charge in [-0.2, -0.15) is 0 Å². The summed E-state index contributed by atoms with van der Waals surface area (Å²) in [7, 11) is 2.21. The van der Waals surface area contributed by atoms with Crippen LogP contribution in [0.25, 0.3) is 10.2 Å². The molecule has 2 aliphatic rings. The predicted octanol–water partition coefficient (Wildman–Crippen LogP) is 2.27. The molecular formula is C17H24ClN5OS. The van der Waals surface area contributed by atoms with Gasteiger partial charge in [0.1, 0.15) is 11.9 Å². The molecule has 0 spiro atoms. The fourth-order valence-corrected chi connectivity index (χ4v) is 5.27. The van der Waals surface area contributed by atoms with E-state index in [1.54, 1.807) is 17.7 Å². The lowest BCUT2D eigenvalue weighted by molar-refractivity contribution is -0.0428. The quantitative estimate of drug-likeness (QED) is 0.802. The Bertz CT molecular complexity index is 674. The van der Waals surface area contributed by atoms with Gasteiger partial charge in [0.15, 0.2) is 0 Å². The third-order valence-electron chi connectivity index (χ3n) is 4.96. The standard InChI is InChI=1S/C17H24ClN5OS/c1-22(9-12-3-2-4-20-12)17(23-5-6-24-16(18)10-23)14-7-13-15(25-14)8-19-11-21-13/h7-8,11-12,16-17,20H,2-6,9-10H2,1H3. The van der Waals surface area contributed by atoms with Crippen molar-refractivity contribution in [2.24, 2.45) is 0 Å². The number of hydrogen-bond acceptors (Lipinski definition) is 7.